The molecule has 0 aromatic carbocycles. The molecule has 0 aliphatic heterocycles. The Morgan fingerprint density at radius 3 is 1.93 bits per heavy atom. The monoisotopic (exact) mass is 634 g/mol. The number of allylic oxidation sites excluding steroid dienone is 4. The summed E-state index contributed by atoms with van der Waals surface area (Å²) in [6.07, 6.45) is 6.19. The lowest BCUT2D eigenvalue weighted by Crippen LogP contribution is -2.16. The second kappa shape index (κ2) is 20.8. The van der Waals surface area contributed by atoms with Crippen LogP contribution in [0, 0.1) is 6.92 Å². The molecular weight excluding hydrogens is 599 g/mol. The number of halogens is 3. The first-order valence-electron chi connectivity index (χ1n) is 13.0. The lowest BCUT2D eigenvalue weighted by molar-refractivity contribution is -0.0159. The van der Waals surface area contributed by atoms with Crippen molar-refractivity contribution < 1.29 is 33.2 Å². The van der Waals surface area contributed by atoms with Crippen LogP contribution in [-0.4, -0.2) is 95.9 Å². The molecule has 2 rings (SSSR count). The van der Waals surface area contributed by atoms with Gasteiger partial charge in [-0.1, -0.05) is 53.5 Å². The van der Waals surface area contributed by atoms with Gasteiger partial charge in [0.25, 0.3) is 0 Å². The standard InChI is InChI=1S/C28H37Cl3N2O8/c1-4-5-6-22(29)27(31)33-21(2)19-24(34)25-26(33)23(30)20-32-28(25)41-18-17-40-16-15-39-14-13-38-12-11-37-10-9-36-8-7-35-3/h4-6,19-20H,1,7-18H2,2-3H3/b6-5-,27-22-. The van der Waals surface area contributed by atoms with Gasteiger partial charge in [-0.05, 0) is 13.0 Å². The summed E-state index contributed by atoms with van der Waals surface area (Å²) in [6, 6.07) is 1.42. The van der Waals surface area contributed by atoms with Gasteiger partial charge in [-0.25, -0.2) is 4.98 Å². The molecule has 13 heteroatoms. The molecule has 2 aromatic heterocycles. The van der Waals surface area contributed by atoms with Gasteiger partial charge in [-0.2, -0.15) is 0 Å². The Bertz CT molecular complexity index is 1200. The van der Waals surface area contributed by atoms with Gasteiger partial charge in [0.15, 0.2) is 5.43 Å². The lowest BCUT2D eigenvalue weighted by Gasteiger charge is -2.17. The highest BCUT2D eigenvalue weighted by Gasteiger charge is 2.19. The van der Waals surface area contributed by atoms with Crippen LogP contribution in [0.25, 0.3) is 16.1 Å². The highest BCUT2D eigenvalue weighted by Crippen LogP contribution is 2.33. The van der Waals surface area contributed by atoms with E-state index >= 15 is 0 Å². The molecule has 0 saturated carbocycles. The van der Waals surface area contributed by atoms with Gasteiger partial charge in [0.2, 0.25) is 5.88 Å². The van der Waals surface area contributed by atoms with E-state index in [1.165, 1.54) is 12.3 Å². The van der Waals surface area contributed by atoms with Crippen LogP contribution >= 0.6 is 34.8 Å². The summed E-state index contributed by atoms with van der Waals surface area (Å²) in [4.78, 5) is 17.1. The summed E-state index contributed by atoms with van der Waals surface area (Å²) in [5.41, 5.74) is 0.571. The maximum Gasteiger partial charge on any atom is 0.227 e. The molecule has 0 unspecified atom stereocenters. The van der Waals surface area contributed by atoms with E-state index in [4.69, 9.17) is 68.0 Å². The van der Waals surface area contributed by atoms with E-state index in [-0.39, 0.29) is 45.1 Å². The van der Waals surface area contributed by atoms with Gasteiger partial charge in [-0.3, -0.25) is 4.79 Å². The molecule has 0 spiro atoms. The number of aryl methyl sites for hydroxylation is 1. The van der Waals surface area contributed by atoms with Gasteiger partial charge in [0, 0.05) is 18.9 Å². The molecule has 0 radical (unpaired) electrons. The third-order valence-electron chi connectivity index (χ3n) is 5.29. The quantitative estimate of drug-likeness (QED) is 0.133. The van der Waals surface area contributed by atoms with Crippen LogP contribution < -0.4 is 10.2 Å². The minimum Gasteiger partial charge on any atom is -0.475 e. The lowest BCUT2D eigenvalue weighted by atomic mass is 10.2. The fourth-order valence-electron chi connectivity index (χ4n) is 3.42. The van der Waals surface area contributed by atoms with Crippen LogP contribution in [0.1, 0.15) is 5.69 Å². The number of rotatable bonds is 22. The van der Waals surface area contributed by atoms with Crippen molar-refractivity contribution in [2.45, 2.75) is 6.92 Å². The minimum absolute atomic E-state index is 0.116. The van der Waals surface area contributed by atoms with Crippen molar-refractivity contribution >= 4 is 50.9 Å². The van der Waals surface area contributed by atoms with E-state index in [2.05, 4.69) is 11.6 Å². The largest absolute Gasteiger partial charge is 0.475 e. The maximum absolute atomic E-state index is 12.9. The molecular formula is C28H37Cl3N2O8. The van der Waals surface area contributed by atoms with Crippen LogP contribution in [-0.2, 0) is 28.4 Å². The van der Waals surface area contributed by atoms with Crippen LogP contribution in [0.5, 0.6) is 5.88 Å². The molecule has 0 atom stereocenters. The fourth-order valence-corrected chi connectivity index (χ4v) is 4.08. The molecule has 10 nitrogen and oxygen atoms in total. The van der Waals surface area contributed by atoms with Gasteiger partial charge in [0.1, 0.15) is 17.1 Å². The Morgan fingerprint density at radius 1 is 0.902 bits per heavy atom. The molecule has 0 amide bonds. The number of fused-ring (bicyclic) bond motifs is 1. The maximum atomic E-state index is 12.9. The Kier molecular flexibility index (Phi) is 17.9. The summed E-state index contributed by atoms with van der Waals surface area (Å²) in [6.45, 7) is 10.6. The predicted octanol–water partition coefficient (Wildman–Crippen LogP) is 4.81. The zero-order valence-corrected chi connectivity index (χ0v) is 25.6. The van der Waals surface area contributed by atoms with Crippen molar-refractivity contribution in [1.29, 1.82) is 0 Å². The average molecular weight is 636 g/mol. The van der Waals surface area contributed by atoms with E-state index in [0.29, 0.717) is 77.3 Å². The average Bonchev–Trinajstić information content (AvgIpc) is 2.96. The van der Waals surface area contributed by atoms with Crippen molar-refractivity contribution in [2.24, 2.45) is 0 Å². The number of methoxy groups -OCH3 is 1. The summed E-state index contributed by atoms with van der Waals surface area (Å²) in [7, 11) is 1.63. The van der Waals surface area contributed by atoms with Crippen LogP contribution in [0.15, 0.2) is 46.9 Å². The van der Waals surface area contributed by atoms with Gasteiger partial charge in [0.05, 0.1) is 94.4 Å². The zero-order chi connectivity index (χ0) is 29.9. The molecule has 41 heavy (non-hydrogen) atoms. The third kappa shape index (κ3) is 12.4. The number of aromatic nitrogens is 2. The van der Waals surface area contributed by atoms with Gasteiger partial charge >= 0.3 is 0 Å². The molecule has 0 aliphatic carbocycles. The molecule has 0 saturated heterocycles. The van der Waals surface area contributed by atoms with Crippen molar-refractivity contribution in [1.82, 2.24) is 9.55 Å². The molecule has 2 aromatic rings. The first-order chi connectivity index (χ1) is 19.9. The molecule has 228 valence electrons. The Morgan fingerprint density at radius 2 is 1.41 bits per heavy atom. The summed E-state index contributed by atoms with van der Waals surface area (Å²) < 4.78 is 39.4. The first-order valence-corrected chi connectivity index (χ1v) is 14.1. The Balaban J connectivity index is 1.73. The number of pyridine rings is 2. The topological polar surface area (TPSA) is 99.5 Å². The Labute approximate surface area is 255 Å². The van der Waals surface area contributed by atoms with Crippen molar-refractivity contribution in [2.75, 3.05) is 86.4 Å². The third-order valence-corrected chi connectivity index (χ3v) is 6.34. The van der Waals surface area contributed by atoms with E-state index in [1.807, 2.05) is 0 Å². The molecule has 0 fully saturated rings. The number of hydrogen-bond acceptors (Lipinski definition) is 9. The summed E-state index contributed by atoms with van der Waals surface area (Å²) in [5.74, 6) is 0.116. The second-order valence-electron chi connectivity index (χ2n) is 8.26. The van der Waals surface area contributed by atoms with Crippen LogP contribution in [0.2, 0.25) is 5.02 Å². The van der Waals surface area contributed by atoms with Crippen molar-refractivity contribution in [3.63, 3.8) is 0 Å². The fraction of sp³-hybridized carbons (Fsp3) is 0.500. The Hall–Kier alpha value is -1.99. The van der Waals surface area contributed by atoms with Crippen molar-refractivity contribution in [3.8, 4) is 5.88 Å². The van der Waals surface area contributed by atoms with Gasteiger partial charge in [-0.15, -0.1) is 0 Å². The second-order valence-corrected chi connectivity index (χ2v) is 9.43. The van der Waals surface area contributed by atoms with Gasteiger partial charge < -0.3 is 37.7 Å². The summed E-state index contributed by atoms with van der Waals surface area (Å²) in [5, 5.41) is 0.800. The normalized spacial score (nSPS) is 12.3. The zero-order valence-electron chi connectivity index (χ0n) is 23.4. The summed E-state index contributed by atoms with van der Waals surface area (Å²) >= 11 is 19.4. The highest BCUT2D eigenvalue weighted by molar-refractivity contribution is 6.53. The molecule has 0 bridgehead atoms. The number of hydrogen-bond donors (Lipinski definition) is 0. The SMILES string of the molecule is C=C/C=C\C(Cl)=C(/Cl)n1c(C)cc(=O)c2c(OCCOCCOCCOCCOCCOCCOC)ncc(Cl)c21. The van der Waals surface area contributed by atoms with E-state index in [9.17, 15) is 4.79 Å². The first kappa shape index (κ1) is 35.2. The van der Waals surface area contributed by atoms with E-state index < -0.39 is 0 Å². The number of nitrogens with zero attached hydrogens (tertiary/aromatic N) is 2. The van der Waals surface area contributed by atoms with Crippen LogP contribution in [0.4, 0.5) is 0 Å². The van der Waals surface area contributed by atoms with E-state index in [1.54, 1.807) is 36.8 Å². The molecule has 2 heterocycles. The highest BCUT2D eigenvalue weighted by atomic mass is 35.5. The van der Waals surface area contributed by atoms with Crippen molar-refractivity contribution in [3.05, 3.63) is 63.0 Å². The molecule has 0 N–H and O–H groups in total. The smallest absolute Gasteiger partial charge is 0.227 e. The number of ether oxygens (including phenoxy) is 7. The van der Waals surface area contributed by atoms with E-state index in [0.717, 1.165) is 0 Å². The minimum atomic E-state index is -0.309. The van der Waals surface area contributed by atoms with Crippen LogP contribution in [0.3, 0.4) is 0 Å². The molecule has 0 aliphatic rings. The predicted molar refractivity (Wildman–Crippen MR) is 161 cm³/mol.